The normalized spacial score (nSPS) is 19.0. The molecule has 4 N–H and O–H groups in total. The van der Waals surface area contributed by atoms with Crippen molar-refractivity contribution in [2.45, 2.75) is 36.6 Å². The Kier molecular flexibility index (Phi) is 5.86. The Hall–Kier alpha value is -3.23. The summed E-state index contributed by atoms with van der Waals surface area (Å²) in [6.45, 7) is 0.737. The van der Waals surface area contributed by atoms with Crippen LogP contribution in [0.5, 0.6) is 0 Å². The first-order valence-corrected chi connectivity index (χ1v) is 12.7. The van der Waals surface area contributed by atoms with Crippen LogP contribution < -0.4 is 15.8 Å². The molecule has 0 atom stereocenters. The molecule has 1 heterocycles. The van der Waals surface area contributed by atoms with Crippen molar-refractivity contribution in [1.82, 2.24) is 14.7 Å². The van der Waals surface area contributed by atoms with Gasteiger partial charge in [-0.1, -0.05) is 48.5 Å². The van der Waals surface area contributed by atoms with Gasteiger partial charge >= 0.3 is 0 Å². The Morgan fingerprint density at radius 1 is 0.848 bits per heavy atom. The highest BCUT2D eigenvalue weighted by Crippen LogP contribution is 2.28. The number of nitrogen functional groups attached to an aromatic ring is 1. The fraction of sp³-hybridized carbons (Fsp3) is 0.280. The minimum atomic E-state index is -3.58. The van der Waals surface area contributed by atoms with Gasteiger partial charge in [0.2, 0.25) is 16.0 Å². The van der Waals surface area contributed by atoms with E-state index in [4.69, 9.17) is 5.73 Å². The first kappa shape index (κ1) is 21.6. The zero-order valence-corrected chi connectivity index (χ0v) is 19.1. The Labute approximate surface area is 193 Å². The Morgan fingerprint density at radius 3 is 2.36 bits per heavy atom. The van der Waals surface area contributed by atoms with E-state index in [1.807, 2.05) is 54.6 Å². The lowest BCUT2D eigenvalue weighted by atomic mass is 9.86. The number of rotatable bonds is 6. The smallest absolute Gasteiger partial charge is 0.241 e. The van der Waals surface area contributed by atoms with E-state index in [1.54, 1.807) is 12.1 Å². The molecule has 33 heavy (non-hydrogen) atoms. The Bertz CT molecular complexity index is 1390. The third-order valence-corrected chi connectivity index (χ3v) is 7.97. The topological polar surface area (TPSA) is 110 Å². The average Bonchev–Trinajstić information content (AvgIpc) is 2.83. The van der Waals surface area contributed by atoms with Crippen LogP contribution in [0.3, 0.4) is 0 Å². The second-order valence-corrected chi connectivity index (χ2v) is 10.3. The van der Waals surface area contributed by atoms with Crippen molar-refractivity contribution < 1.29 is 8.42 Å². The summed E-state index contributed by atoms with van der Waals surface area (Å²) in [7, 11) is -3.58. The number of anilines is 2. The van der Waals surface area contributed by atoms with Crippen LogP contribution >= 0.6 is 0 Å². The lowest BCUT2D eigenvalue weighted by molar-refractivity contribution is 0.324. The van der Waals surface area contributed by atoms with Crippen molar-refractivity contribution >= 4 is 43.5 Å². The number of sulfonamides is 1. The molecule has 0 radical (unpaired) electrons. The van der Waals surface area contributed by atoms with Crippen LogP contribution in [0.25, 0.3) is 21.7 Å². The summed E-state index contributed by atoms with van der Waals surface area (Å²) in [5, 5.41) is 5.84. The highest BCUT2D eigenvalue weighted by atomic mass is 32.2. The number of hydrogen-bond acceptors (Lipinski definition) is 6. The van der Waals surface area contributed by atoms with Crippen LogP contribution in [0.4, 0.5) is 11.8 Å². The van der Waals surface area contributed by atoms with E-state index in [-0.39, 0.29) is 6.04 Å². The molecular weight excluding hydrogens is 434 g/mol. The highest BCUT2D eigenvalue weighted by Gasteiger charge is 2.26. The average molecular weight is 462 g/mol. The van der Waals surface area contributed by atoms with Crippen molar-refractivity contribution in [2.24, 2.45) is 5.92 Å². The Balaban J connectivity index is 1.19. The maximum absolute atomic E-state index is 13.1. The summed E-state index contributed by atoms with van der Waals surface area (Å²) >= 11 is 0. The summed E-state index contributed by atoms with van der Waals surface area (Å²) in [6, 6.07) is 20.6. The van der Waals surface area contributed by atoms with Gasteiger partial charge in [-0.05, 0) is 55.2 Å². The van der Waals surface area contributed by atoms with Crippen LogP contribution in [-0.2, 0) is 10.0 Å². The van der Waals surface area contributed by atoms with E-state index in [2.05, 4.69) is 20.0 Å². The summed E-state index contributed by atoms with van der Waals surface area (Å²) in [5.74, 6) is 1.43. The maximum Gasteiger partial charge on any atom is 0.241 e. The monoisotopic (exact) mass is 461 g/mol. The molecule has 0 saturated heterocycles. The van der Waals surface area contributed by atoms with E-state index < -0.39 is 10.0 Å². The van der Waals surface area contributed by atoms with E-state index in [0.29, 0.717) is 22.6 Å². The second kappa shape index (κ2) is 8.96. The van der Waals surface area contributed by atoms with Gasteiger partial charge in [0.05, 0.1) is 10.4 Å². The molecule has 0 bridgehead atoms. The van der Waals surface area contributed by atoms with Crippen LogP contribution in [0, 0.1) is 5.92 Å². The number of aromatic nitrogens is 2. The predicted molar refractivity (Wildman–Crippen MR) is 132 cm³/mol. The summed E-state index contributed by atoms with van der Waals surface area (Å²) in [4.78, 5) is 9.26. The van der Waals surface area contributed by atoms with Gasteiger partial charge in [0.25, 0.3) is 0 Å². The van der Waals surface area contributed by atoms with Crippen LogP contribution in [0.2, 0.25) is 0 Å². The SMILES string of the molecule is Nc1nc(NCC2CCC(NS(=O)(=O)c3cccc4ccccc34)CC2)nc2ccccc12. The highest BCUT2D eigenvalue weighted by molar-refractivity contribution is 7.89. The lowest BCUT2D eigenvalue weighted by Gasteiger charge is -2.29. The number of fused-ring (bicyclic) bond motifs is 2. The van der Waals surface area contributed by atoms with Gasteiger partial charge in [0.15, 0.2) is 0 Å². The van der Waals surface area contributed by atoms with Crippen LogP contribution in [0.1, 0.15) is 25.7 Å². The predicted octanol–water partition coefficient (Wildman–Crippen LogP) is 4.31. The third kappa shape index (κ3) is 4.62. The summed E-state index contributed by atoms with van der Waals surface area (Å²) in [6.07, 6.45) is 3.46. The minimum Gasteiger partial charge on any atom is -0.383 e. The molecule has 5 rings (SSSR count). The van der Waals surface area contributed by atoms with Gasteiger partial charge in [-0.2, -0.15) is 4.98 Å². The Morgan fingerprint density at radius 2 is 1.55 bits per heavy atom. The molecule has 7 nitrogen and oxygen atoms in total. The van der Waals surface area contributed by atoms with Crippen LogP contribution in [0.15, 0.2) is 71.6 Å². The zero-order chi connectivity index (χ0) is 22.8. The van der Waals surface area contributed by atoms with Crippen molar-refractivity contribution in [3.05, 3.63) is 66.7 Å². The van der Waals surface area contributed by atoms with E-state index in [9.17, 15) is 8.42 Å². The first-order valence-electron chi connectivity index (χ1n) is 11.3. The molecule has 1 aliphatic carbocycles. The summed E-state index contributed by atoms with van der Waals surface area (Å²) < 4.78 is 29.1. The lowest BCUT2D eigenvalue weighted by Crippen LogP contribution is -2.38. The number of benzene rings is 3. The quantitative estimate of drug-likeness (QED) is 0.395. The van der Waals surface area contributed by atoms with E-state index in [0.717, 1.165) is 53.9 Å². The van der Waals surface area contributed by atoms with E-state index >= 15 is 0 Å². The number of nitrogens with zero attached hydrogens (tertiary/aromatic N) is 2. The largest absolute Gasteiger partial charge is 0.383 e. The molecule has 1 aliphatic rings. The van der Waals surface area contributed by atoms with Gasteiger partial charge in [0, 0.05) is 23.4 Å². The molecule has 0 spiro atoms. The molecule has 1 fully saturated rings. The van der Waals surface area contributed by atoms with E-state index in [1.165, 1.54) is 0 Å². The standard InChI is InChI=1S/C25H27N5O2S/c26-24-21-9-3-4-10-22(21)28-25(29-24)27-16-17-12-14-19(15-13-17)30-33(31,32)23-11-5-7-18-6-1-2-8-20(18)23/h1-11,17,19,30H,12-16H2,(H3,26,27,28,29). The molecule has 1 saturated carbocycles. The summed E-state index contributed by atoms with van der Waals surface area (Å²) in [5.41, 5.74) is 6.89. The molecule has 0 aliphatic heterocycles. The van der Waals surface area contributed by atoms with Crippen LogP contribution in [-0.4, -0.2) is 31.0 Å². The molecule has 4 aromatic rings. The van der Waals surface area contributed by atoms with Gasteiger partial charge < -0.3 is 11.1 Å². The van der Waals surface area contributed by atoms with Crippen molar-refractivity contribution in [3.8, 4) is 0 Å². The number of hydrogen-bond donors (Lipinski definition) is 3. The molecule has 3 aromatic carbocycles. The maximum atomic E-state index is 13.1. The van der Waals surface area contributed by atoms with Gasteiger partial charge in [-0.15, -0.1) is 0 Å². The molecular formula is C25H27N5O2S. The molecule has 8 heteroatoms. The fourth-order valence-electron chi connectivity index (χ4n) is 4.61. The van der Waals surface area contributed by atoms with Crippen molar-refractivity contribution in [1.29, 1.82) is 0 Å². The molecule has 1 aromatic heterocycles. The number of para-hydroxylation sites is 1. The van der Waals surface area contributed by atoms with Gasteiger partial charge in [-0.25, -0.2) is 18.1 Å². The number of nitrogens with one attached hydrogen (secondary N) is 2. The molecule has 0 unspecified atom stereocenters. The third-order valence-electron chi connectivity index (χ3n) is 6.39. The fourth-order valence-corrected chi connectivity index (χ4v) is 6.15. The zero-order valence-electron chi connectivity index (χ0n) is 18.2. The molecule has 0 amide bonds. The van der Waals surface area contributed by atoms with Gasteiger partial charge in [0.1, 0.15) is 5.82 Å². The van der Waals surface area contributed by atoms with Crippen molar-refractivity contribution in [2.75, 3.05) is 17.6 Å². The molecule has 170 valence electrons. The minimum absolute atomic E-state index is 0.0576. The second-order valence-electron chi connectivity index (χ2n) is 8.65. The van der Waals surface area contributed by atoms with Crippen molar-refractivity contribution in [3.63, 3.8) is 0 Å². The number of nitrogens with two attached hydrogens (primary N) is 1. The first-order chi connectivity index (χ1) is 16.0. The van der Waals surface area contributed by atoms with Gasteiger partial charge in [-0.3, -0.25) is 0 Å².